The van der Waals surface area contributed by atoms with Crippen molar-refractivity contribution in [1.29, 1.82) is 0 Å². The molecule has 174 valence electrons. The van der Waals surface area contributed by atoms with Crippen molar-refractivity contribution in [3.63, 3.8) is 0 Å². The lowest BCUT2D eigenvalue weighted by atomic mass is 10.0. The van der Waals surface area contributed by atoms with E-state index < -0.39 is 0 Å². The maximum absolute atomic E-state index is 14.3. The highest BCUT2D eigenvalue weighted by Crippen LogP contribution is 2.30. The lowest BCUT2D eigenvalue weighted by molar-refractivity contribution is 0.0949. The predicted octanol–water partition coefficient (Wildman–Crippen LogP) is 3.85. The third-order valence-electron chi connectivity index (χ3n) is 5.95. The standard InChI is InChI=1S/C25H25FN6O2/c1-14-20(17-7-8-32-23(10-17)30-25(27)31-32)11-21(15(2)29-14)24(33)28-12-18-9-19(5-6-22(18)26)34-13-16-3-4-16/h5-11,16H,3-4,12-13H2,1-2H3,(H2,27,31)(H,28,33). The summed E-state index contributed by atoms with van der Waals surface area (Å²) in [6.45, 7) is 4.34. The lowest BCUT2D eigenvalue weighted by Crippen LogP contribution is -2.24. The highest BCUT2D eigenvalue weighted by atomic mass is 19.1. The van der Waals surface area contributed by atoms with Crippen molar-refractivity contribution in [2.24, 2.45) is 5.92 Å². The quantitative estimate of drug-likeness (QED) is 0.434. The number of amides is 1. The Labute approximate surface area is 196 Å². The number of carbonyl (C=O) groups is 1. The monoisotopic (exact) mass is 460 g/mol. The summed E-state index contributed by atoms with van der Waals surface area (Å²) in [6, 6.07) is 10.1. The first-order valence-corrected chi connectivity index (χ1v) is 11.2. The van der Waals surface area contributed by atoms with Gasteiger partial charge in [0, 0.05) is 29.6 Å². The molecule has 1 aliphatic carbocycles. The van der Waals surface area contributed by atoms with Crippen LogP contribution in [0.5, 0.6) is 5.75 Å². The van der Waals surface area contributed by atoms with Crippen molar-refractivity contribution in [3.05, 3.63) is 70.9 Å². The van der Waals surface area contributed by atoms with E-state index in [9.17, 15) is 9.18 Å². The molecule has 3 N–H and O–H groups in total. The molecular weight excluding hydrogens is 435 g/mol. The molecule has 1 fully saturated rings. The number of nitrogen functional groups attached to an aromatic ring is 1. The van der Waals surface area contributed by atoms with Gasteiger partial charge in [-0.3, -0.25) is 9.78 Å². The highest BCUT2D eigenvalue weighted by molar-refractivity contribution is 5.96. The molecule has 34 heavy (non-hydrogen) atoms. The fraction of sp³-hybridized carbons (Fsp3) is 0.280. The second-order valence-corrected chi connectivity index (χ2v) is 8.63. The van der Waals surface area contributed by atoms with Crippen LogP contribution in [0.2, 0.25) is 0 Å². The first-order valence-electron chi connectivity index (χ1n) is 11.2. The zero-order chi connectivity index (χ0) is 23.8. The van der Waals surface area contributed by atoms with Crippen LogP contribution in [0.15, 0.2) is 42.6 Å². The fourth-order valence-electron chi connectivity index (χ4n) is 3.86. The Hall–Kier alpha value is -4.01. The van der Waals surface area contributed by atoms with Crippen LogP contribution in [0, 0.1) is 25.6 Å². The van der Waals surface area contributed by atoms with E-state index in [2.05, 4.69) is 20.4 Å². The Kier molecular flexibility index (Phi) is 5.61. The number of pyridine rings is 2. The van der Waals surface area contributed by atoms with Crippen molar-refractivity contribution < 1.29 is 13.9 Å². The number of fused-ring (bicyclic) bond motifs is 1. The normalized spacial score (nSPS) is 13.3. The Morgan fingerprint density at radius 1 is 1.18 bits per heavy atom. The highest BCUT2D eigenvalue weighted by Gasteiger charge is 2.22. The summed E-state index contributed by atoms with van der Waals surface area (Å²) >= 11 is 0. The van der Waals surface area contributed by atoms with Gasteiger partial charge in [0.15, 0.2) is 5.65 Å². The molecule has 0 saturated heterocycles. The fourth-order valence-corrected chi connectivity index (χ4v) is 3.86. The first-order chi connectivity index (χ1) is 16.4. The number of aromatic nitrogens is 4. The molecule has 3 heterocycles. The molecule has 0 spiro atoms. The van der Waals surface area contributed by atoms with E-state index in [1.165, 1.54) is 18.9 Å². The number of nitrogens with zero attached hydrogens (tertiary/aromatic N) is 4. The summed E-state index contributed by atoms with van der Waals surface area (Å²) in [5.74, 6) is 0.673. The summed E-state index contributed by atoms with van der Waals surface area (Å²) < 4.78 is 21.7. The SMILES string of the molecule is Cc1nc(C)c(-c2ccn3nc(N)nc3c2)cc1C(=O)NCc1cc(OCC2CC2)ccc1F. The number of carbonyl (C=O) groups excluding carboxylic acids is 1. The number of hydrogen-bond donors (Lipinski definition) is 2. The van der Waals surface area contributed by atoms with Crippen molar-refractivity contribution in [2.75, 3.05) is 12.3 Å². The smallest absolute Gasteiger partial charge is 0.253 e. The summed E-state index contributed by atoms with van der Waals surface area (Å²) in [6.07, 6.45) is 4.11. The molecule has 0 radical (unpaired) electrons. The number of nitrogens with two attached hydrogens (primary N) is 1. The number of rotatable bonds is 7. The molecule has 0 bridgehead atoms. The van der Waals surface area contributed by atoms with Gasteiger partial charge in [-0.15, -0.1) is 5.10 Å². The van der Waals surface area contributed by atoms with Gasteiger partial charge in [0.05, 0.1) is 17.9 Å². The van der Waals surface area contributed by atoms with E-state index in [1.54, 1.807) is 35.8 Å². The second-order valence-electron chi connectivity index (χ2n) is 8.63. The van der Waals surface area contributed by atoms with Crippen LogP contribution in [0.25, 0.3) is 16.8 Å². The van der Waals surface area contributed by atoms with E-state index in [0.29, 0.717) is 40.7 Å². The molecule has 1 aliphatic rings. The Bertz CT molecular complexity index is 1400. The minimum Gasteiger partial charge on any atom is -0.493 e. The summed E-state index contributed by atoms with van der Waals surface area (Å²) in [5, 5.41) is 6.90. The number of benzene rings is 1. The maximum Gasteiger partial charge on any atom is 0.253 e. The number of nitrogens with one attached hydrogen (secondary N) is 1. The van der Waals surface area contributed by atoms with Gasteiger partial charge < -0.3 is 15.8 Å². The third-order valence-corrected chi connectivity index (χ3v) is 5.95. The first kappa shape index (κ1) is 21.8. The number of ether oxygens (including phenoxy) is 1. The Balaban J connectivity index is 1.36. The molecule has 1 aromatic carbocycles. The second kappa shape index (κ2) is 8.74. The van der Waals surface area contributed by atoms with Crippen LogP contribution < -0.4 is 15.8 Å². The van der Waals surface area contributed by atoms with Crippen molar-refractivity contribution in [1.82, 2.24) is 24.9 Å². The van der Waals surface area contributed by atoms with E-state index >= 15 is 0 Å². The van der Waals surface area contributed by atoms with Gasteiger partial charge in [-0.25, -0.2) is 8.91 Å². The van der Waals surface area contributed by atoms with Gasteiger partial charge in [-0.05, 0) is 74.6 Å². The number of anilines is 1. The Morgan fingerprint density at radius 2 is 2.00 bits per heavy atom. The molecule has 0 atom stereocenters. The molecule has 3 aromatic heterocycles. The topological polar surface area (TPSA) is 107 Å². The largest absolute Gasteiger partial charge is 0.493 e. The van der Waals surface area contributed by atoms with Crippen LogP contribution in [-0.2, 0) is 6.54 Å². The van der Waals surface area contributed by atoms with Crippen molar-refractivity contribution >= 4 is 17.5 Å². The van der Waals surface area contributed by atoms with Gasteiger partial charge in [0.2, 0.25) is 5.95 Å². The van der Waals surface area contributed by atoms with Gasteiger partial charge in [0.1, 0.15) is 11.6 Å². The van der Waals surface area contributed by atoms with Crippen LogP contribution in [0.1, 0.15) is 40.2 Å². The number of aryl methyl sites for hydroxylation is 2. The molecule has 0 aliphatic heterocycles. The Morgan fingerprint density at radius 3 is 2.79 bits per heavy atom. The lowest BCUT2D eigenvalue weighted by Gasteiger charge is -2.13. The van der Waals surface area contributed by atoms with Crippen LogP contribution in [0.3, 0.4) is 0 Å². The van der Waals surface area contributed by atoms with Crippen LogP contribution in [-0.4, -0.2) is 32.1 Å². The predicted molar refractivity (Wildman–Crippen MR) is 126 cm³/mol. The van der Waals surface area contributed by atoms with E-state index in [4.69, 9.17) is 10.5 Å². The van der Waals surface area contributed by atoms with Gasteiger partial charge in [-0.2, -0.15) is 4.98 Å². The van der Waals surface area contributed by atoms with E-state index in [-0.39, 0.29) is 24.2 Å². The molecule has 1 amide bonds. The van der Waals surface area contributed by atoms with E-state index in [1.807, 2.05) is 19.1 Å². The van der Waals surface area contributed by atoms with Crippen molar-refractivity contribution in [2.45, 2.75) is 33.2 Å². The third kappa shape index (κ3) is 4.54. The minimum atomic E-state index is -0.389. The number of halogens is 1. The summed E-state index contributed by atoms with van der Waals surface area (Å²) in [4.78, 5) is 21.8. The molecule has 8 nitrogen and oxygen atoms in total. The maximum atomic E-state index is 14.3. The van der Waals surface area contributed by atoms with Gasteiger partial charge >= 0.3 is 0 Å². The number of hydrogen-bond acceptors (Lipinski definition) is 6. The molecule has 0 unspecified atom stereocenters. The zero-order valence-electron chi connectivity index (χ0n) is 19.0. The van der Waals surface area contributed by atoms with Crippen LogP contribution in [0.4, 0.5) is 10.3 Å². The van der Waals surface area contributed by atoms with E-state index in [0.717, 1.165) is 16.8 Å². The average Bonchev–Trinajstić information content (AvgIpc) is 3.56. The minimum absolute atomic E-state index is 0.0406. The van der Waals surface area contributed by atoms with Crippen LogP contribution >= 0.6 is 0 Å². The molecule has 5 rings (SSSR count). The summed E-state index contributed by atoms with van der Waals surface area (Å²) in [7, 11) is 0. The molecule has 1 saturated carbocycles. The summed E-state index contributed by atoms with van der Waals surface area (Å²) in [5.41, 5.74) is 10.1. The van der Waals surface area contributed by atoms with Gasteiger partial charge in [0.25, 0.3) is 5.91 Å². The van der Waals surface area contributed by atoms with Crippen molar-refractivity contribution in [3.8, 4) is 16.9 Å². The zero-order valence-corrected chi connectivity index (χ0v) is 19.0. The molecular formula is C25H25FN6O2. The van der Waals surface area contributed by atoms with Gasteiger partial charge in [-0.1, -0.05) is 0 Å². The molecule has 4 aromatic rings. The average molecular weight is 461 g/mol. The molecule has 9 heteroatoms.